The number of aldehydes is 1. The summed E-state index contributed by atoms with van der Waals surface area (Å²) in [4.78, 5) is 11.3. The van der Waals surface area contributed by atoms with Crippen LogP contribution in [0.3, 0.4) is 0 Å². The molecule has 0 radical (unpaired) electrons. The van der Waals surface area contributed by atoms with E-state index in [0.717, 1.165) is 11.8 Å². The van der Waals surface area contributed by atoms with Crippen LogP contribution in [0.4, 0.5) is 8.78 Å². The first-order chi connectivity index (χ1) is 6.95. The summed E-state index contributed by atoms with van der Waals surface area (Å²) in [6.45, 7) is 3.51. The van der Waals surface area contributed by atoms with Crippen molar-refractivity contribution in [2.24, 2.45) is 0 Å². The number of benzene rings is 1. The standard InChI is InChI=1S/C11H12F2OS/c1-11(2,7-14)8-4-3-5-9(6-8)15-10(12)13/h3-7,10H,1-2H3. The summed E-state index contributed by atoms with van der Waals surface area (Å²) >= 11 is 0.490. The third-order valence-corrected chi connectivity index (χ3v) is 2.80. The summed E-state index contributed by atoms with van der Waals surface area (Å²) in [5.41, 5.74) is 0.127. The lowest BCUT2D eigenvalue weighted by atomic mass is 9.86. The van der Waals surface area contributed by atoms with E-state index in [1.165, 1.54) is 0 Å². The molecule has 4 heteroatoms. The van der Waals surface area contributed by atoms with Gasteiger partial charge in [0.1, 0.15) is 6.29 Å². The largest absolute Gasteiger partial charge is 0.302 e. The molecular formula is C11H12F2OS. The Bertz CT molecular complexity index is 350. The molecule has 15 heavy (non-hydrogen) atoms. The molecule has 1 rings (SSSR count). The number of rotatable bonds is 4. The van der Waals surface area contributed by atoms with Crippen molar-refractivity contribution in [2.75, 3.05) is 0 Å². The van der Waals surface area contributed by atoms with Crippen molar-refractivity contribution in [3.63, 3.8) is 0 Å². The van der Waals surface area contributed by atoms with Crippen molar-refractivity contribution in [2.45, 2.75) is 29.9 Å². The Morgan fingerprint density at radius 2 is 2.07 bits per heavy atom. The van der Waals surface area contributed by atoms with E-state index in [4.69, 9.17) is 0 Å². The second-order valence-electron chi connectivity index (χ2n) is 3.75. The van der Waals surface area contributed by atoms with Gasteiger partial charge in [-0.25, -0.2) is 0 Å². The van der Waals surface area contributed by atoms with Gasteiger partial charge >= 0.3 is 0 Å². The van der Waals surface area contributed by atoms with Crippen molar-refractivity contribution < 1.29 is 13.6 Å². The van der Waals surface area contributed by atoms with Crippen LogP contribution in [0, 0.1) is 0 Å². The molecule has 0 bridgehead atoms. The first-order valence-electron chi connectivity index (χ1n) is 4.47. The van der Waals surface area contributed by atoms with Gasteiger partial charge in [0.05, 0.1) is 0 Å². The zero-order chi connectivity index (χ0) is 11.5. The molecule has 0 fully saturated rings. The highest BCUT2D eigenvalue weighted by Gasteiger charge is 2.19. The molecule has 0 aromatic heterocycles. The number of halogens is 2. The van der Waals surface area contributed by atoms with E-state index in [-0.39, 0.29) is 0 Å². The van der Waals surface area contributed by atoms with Gasteiger partial charge in [0, 0.05) is 10.3 Å². The van der Waals surface area contributed by atoms with Gasteiger partial charge in [-0.3, -0.25) is 0 Å². The maximum atomic E-state index is 12.1. The Labute approximate surface area is 91.9 Å². The first kappa shape index (κ1) is 12.2. The fraction of sp³-hybridized carbons (Fsp3) is 0.364. The summed E-state index contributed by atoms with van der Waals surface area (Å²) < 4.78 is 24.2. The van der Waals surface area contributed by atoms with Crippen LogP contribution in [0.15, 0.2) is 29.2 Å². The molecule has 1 aromatic carbocycles. The molecule has 0 saturated carbocycles. The molecular weight excluding hydrogens is 218 g/mol. The minimum absolute atomic E-state index is 0.484. The van der Waals surface area contributed by atoms with Gasteiger partial charge in [-0.05, 0) is 31.5 Å². The summed E-state index contributed by atoms with van der Waals surface area (Å²) in [6, 6.07) is 6.70. The highest BCUT2D eigenvalue weighted by Crippen LogP contribution is 2.29. The van der Waals surface area contributed by atoms with Crippen LogP contribution in [0.1, 0.15) is 19.4 Å². The monoisotopic (exact) mass is 230 g/mol. The predicted molar refractivity (Wildman–Crippen MR) is 57.4 cm³/mol. The molecule has 0 aliphatic rings. The van der Waals surface area contributed by atoms with Crippen LogP contribution in [0.25, 0.3) is 0 Å². The van der Waals surface area contributed by atoms with Gasteiger partial charge < -0.3 is 4.79 Å². The number of hydrogen-bond acceptors (Lipinski definition) is 2. The zero-order valence-corrected chi connectivity index (χ0v) is 9.35. The van der Waals surface area contributed by atoms with Crippen LogP contribution in [0.5, 0.6) is 0 Å². The van der Waals surface area contributed by atoms with E-state index in [2.05, 4.69) is 0 Å². The van der Waals surface area contributed by atoms with Crippen molar-refractivity contribution in [3.8, 4) is 0 Å². The van der Waals surface area contributed by atoms with E-state index >= 15 is 0 Å². The Balaban J connectivity index is 2.97. The van der Waals surface area contributed by atoms with E-state index < -0.39 is 11.2 Å². The van der Waals surface area contributed by atoms with E-state index in [0.29, 0.717) is 16.7 Å². The van der Waals surface area contributed by atoms with Crippen LogP contribution < -0.4 is 0 Å². The molecule has 0 aliphatic heterocycles. The van der Waals surface area contributed by atoms with Crippen molar-refractivity contribution >= 4 is 18.0 Å². The molecule has 0 aliphatic carbocycles. The lowest BCUT2D eigenvalue weighted by Crippen LogP contribution is -2.18. The number of hydrogen-bond donors (Lipinski definition) is 0. The van der Waals surface area contributed by atoms with Gasteiger partial charge in [0.25, 0.3) is 5.76 Å². The summed E-state index contributed by atoms with van der Waals surface area (Å²) in [5.74, 6) is -2.43. The molecule has 1 nitrogen and oxygen atoms in total. The number of carbonyl (C=O) groups excluding carboxylic acids is 1. The van der Waals surface area contributed by atoms with Crippen LogP contribution >= 0.6 is 11.8 Å². The summed E-state index contributed by atoms with van der Waals surface area (Å²) in [5, 5.41) is 0. The quantitative estimate of drug-likeness (QED) is 0.582. The van der Waals surface area contributed by atoms with Crippen molar-refractivity contribution in [1.82, 2.24) is 0 Å². The minimum Gasteiger partial charge on any atom is -0.302 e. The van der Waals surface area contributed by atoms with Gasteiger partial charge in [-0.2, -0.15) is 8.78 Å². The molecule has 1 aromatic rings. The number of alkyl halides is 2. The van der Waals surface area contributed by atoms with Gasteiger partial charge in [0.15, 0.2) is 0 Å². The zero-order valence-electron chi connectivity index (χ0n) is 8.54. The normalized spacial score (nSPS) is 11.8. The second-order valence-corrected chi connectivity index (χ2v) is 4.81. The van der Waals surface area contributed by atoms with Crippen LogP contribution in [-0.2, 0) is 10.2 Å². The van der Waals surface area contributed by atoms with E-state index in [1.807, 2.05) is 0 Å². The fourth-order valence-electron chi connectivity index (χ4n) is 1.14. The van der Waals surface area contributed by atoms with E-state index in [9.17, 15) is 13.6 Å². The number of thioether (sulfide) groups is 1. The number of carbonyl (C=O) groups is 1. The smallest absolute Gasteiger partial charge is 0.288 e. The Kier molecular flexibility index (Phi) is 3.85. The third-order valence-electron chi connectivity index (χ3n) is 2.10. The minimum atomic E-state index is -2.43. The average molecular weight is 230 g/mol. The van der Waals surface area contributed by atoms with Gasteiger partial charge in [0.2, 0.25) is 0 Å². The highest BCUT2D eigenvalue weighted by atomic mass is 32.2. The maximum absolute atomic E-state index is 12.1. The molecule has 0 atom stereocenters. The topological polar surface area (TPSA) is 17.1 Å². The third kappa shape index (κ3) is 3.30. The Hall–Kier alpha value is -0.900. The molecule has 82 valence electrons. The first-order valence-corrected chi connectivity index (χ1v) is 5.35. The van der Waals surface area contributed by atoms with Crippen LogP contribution in [0.2, 0.25) is 0 Å². The van der Waals surface area contributed by atoms with Crippen molar-refractivity contribution in [3.05, 3.63) is 29.8 Å². The van der Waals surface area contributed by atoms with E-state index in [1.54, 1.807) is 38.1 Å². The van der Waals surface area contributed by atoms with Gasteiger partial charge in [-0.15, -0.1) is 0 Å². The molecule has 0 saturated heterocycles. The summed E-state index contributed by atoms with van der Waals surface area (Å²) in [6.07, 6.45) is 0.819. The van der Waals surface area contributed by atoms with Gasteiger partial charge in [-0.1, -0.05) is 23.9 Å². The lowest BCUT2D eigenvalue weighted by Gasteiger charge is -2.17. The molecule has 0 heterocycles. The second kappa shape index (κ2) is 4.75. The molecule has 0 amide bonds. The molecule has 0 unspecified atom stereocenters. The Morgan fingerprint density at radius 1 is 1.40 bits per heavy atom. The predicted octanol–water partition coefficient (Wildman–Crippen LogP) is 3.48. The molecule has 0 N–H and O–H groups in total. The molecule has 0 spiro atoms. The summed E-state index contributed by atoms with van der Waals surface area (Å²) in [7, 11) is 0. The van der Waals surface area contributed by atoms with Crippen LogP contribution in [-0.4, -0.2) is 12.0 Å². The SMILES string of the molecule is CC(C)(C=O)c1cccc(SC(F)F)c1. The fourth-order valence-corrected chi connectivity index (χ4v) is 1.70. The average Bonchev–Trinajstić information content (AvgIpc) is 2.17. The maximum Gasteiger partial charge on any atom is 0.288 e. The highest BCUT2D eigenvalue weighted by molar-refractivity contribution is 7.99. The Morgan fingerprint density at radius 3 is 2.60 bits per heavy atom. The lowest BCUT2D eigenvalue weighted by molar-refractivity contribution is -0.111. The van der Waals surface area contributed by atoms with Crippen molar-refractivity contribution in [1.29, 1.82) is 0 Å².